The van der Waals surface area contributed by atoms with Crippen LogP contribution in [0.15, 0.2) is 50.9 Å². The Bertz CT molecular complexity index is 781. The number of carbonyl (C=O) groups is 1. The van der Waals surface area contributed by atoms with Crippen molar-refractivity contribution in [2.75, 3.05) is 5.01 Å². The Labute approximate surface area is 139 Å². The van der Waals surface area contributed by atoms with Crippen molar-refractivity contribution in [2.24, 2.45) is 5.10 Å². The highest BCUT2D eigenvalue weighted by Crippen LogP contribution is 2.28. The smallest absolute Gasteiger partial charge is 0.267 e. The average Bonchev–Trinajstić information content (AvgIpc) is 2.97. The summed E-state index contributed by atoms with van der Waals surface area (Å²) in [6.45, 7) is 1.83. The van der Waals surface area contributed by atoms with Gasteiger partial charge in [-0.1, -0.05) is 17.7 Å². The zero-order chi connectivity index (χ0) is 15.0. The number of amides is 1. The van der Waals surface area contributed by atoms with Crippen LogP contribution in [0.25, 0.3) is 6.08 Å². The molecule has 106 valence electrons. The van der Waals surface area contributed by atoms with Gasteiger partial charge in [0.2, 0.25) is 0 Å². The summed E-state index contributed by atoms with van der Waals surface area (Å²) >= 11 is 11.0. The maximum Gasteiger partial charge on any atom is 0.280 e. The van der Waals surface area contributed by atoms with Crippen molar-refractivity contribution in [2.45, 2.75) is 6.92 Å². The molecule has 3 rings (SSSR count). The third-order valence-corrected chi connectivity index (χ3v) is 4.87. The molecule has 6 heteroatoms. The number of hydrazone groups is 1. The van der Waals surface area contributed by atoms with Crippen LogP contribution in [0.3, 0.4) is 0 Å². The average molecular weight is 382 g/mol. The highest BCUT2D eigenvalue weighted by Gasteiger charge is 2.28. The lowest BCUT2D eigenvalue weighted by atomic mass is 10.1. The molecule has 3 nitrogen and oxygen atoms in total. The summed E-state index contributed by atoms with van der Waals surface area (Å²) < 4.78 is 1.01. The third-order valence-electron chi connectivity index (χ3n) is 2.99. The molecule has 0 N–H and O–H groups in total. The molecule has 1 aromatic heterocycles. The quantitative estimate of drug-likeness (QED) is 0.676. The molecule has 21 heavy (non-hydrogen) atoms. The second-order valence-corrected chi connectivity index (χ2v) is 6.80. The van der Waals surface area contributed by atoms with Crippen molar-refractivity contribution >= 4 is 62.2 Å². The molecule has 1 amide bonds. The van der Waals surface area contributed by atoms with E-state index >= 15 is 0 Å². The van der Waals surface area contributed by atoms with E-state index in [-0.39, 0.29) is 5.91 Å². The molecule has 1 aromatic carbocycles. The third kappa shape index (κ3) is 2.95. The maximum absolute atomic E-state index is 12.5. The van der Waals surface area contributed by atoms with E-state index in [0.29, 0.717) is 22.0 Å². The molecule has 0 aliphatic carbocycles. The number of benzene rings is 1. The minimum atomic E-state index is -0.140. The molecule has 0 unspecified atom stereocenters. The van der Waals surface area contributed by atoms with Gasteiger partial charge in [0.1, 0.15) is 0 Å². The van der Waals surface area contributed by atoms with Gasteiger partial charge in [-0.15, -0.1) is 11.3 Å². The van der Waals surface area contributed by atoms with Crippen molar-refractivity contribution in [1.82, 2.24) is 0 Å². The Kier molecular flexibility index (Phi) is 3.97. The number of hydrogen-bond acceptors (Lipinski definition) is 3. The van der Waals surface area contributed by atoms with Crippen LogP contribution in [-0.2, 0) is 4.79 Å². The molecule has 0 bridgehead atoms. The molecule has 0 fully saturated rings. The fraction of sp³-hybridized carbons (Fsp3) is 0.0667. The molecule has 0 saturated carbocycles. The van der Waals surface area contributed by atoms with Gasteiger partial charge in [0.25, 0.3) is 5.91 Å². The van der Waals surface area contributed by atoms with Gasteiger partial charge in [-0.3, -0.25) is 4.79 Å². The number of carbonyl (C=O) groups excluding carboxylic acids is 1. The summed E-state index contributed by atoms with van der Waals surface area (Å²) in [5.41, 5.74) is 1.97. The number of rotatable bonds is 2. The van der Waals surface area contributed by atoms with Gasteiger partial charge in [0.05, 0.1) is 17.0 Å². The highest BCUT2D eigenvalue weighted by atomic mass is 79.9. The van der Waals surface area contributed by atoms with Crippen LogP contribution in [0.5, 0.6) is 0 Å². The van der Waals surface area contributed by atoms with Gasteiger partial charge in [-0.2, -0.15) is 10.1 Å². The molecule has 0 radical (unpaired) electrons. The van der Waals surface area contributed by atoms with Crippen LogP contribution in [0.4, 0.5) is 5.69 Å². The Balaban J connectivity index is 1.96. The van der Waals surface area contributed by atoms with Gasteiger partial charge in [0.15, 0.2) is 0 Å². The Morgan fingerprint density at radius 3 is 2.86 bits per heavy atom. The van der Waals surface area contributed by atoms with Crippen LogP contribution in [0, 0.1) is 0 Å². The standard InChI is InChI=1S/C15H10BrClN2OS/c1-9-14(7-13-5-10(16)8-21-13)15(20)19(18-9)12-4-2-3-11(17)6-12/h2-8H,1H3/b14-7-. The van der Waals surface area contributed by atoms with E-state index in [1.807, 2.05) is 30.5 Å². The fourth-order valence-electron chi connectivity index (χ4n) is 2.01. The van der Waals surface area contributed by atoms with E-state index in [0.717, 1.165) is 9.35 Å². The van der Waals surface area contributed by atoms with Crippen LogP contribution in [0.2, 0.25) is 5.02 Å². The maximum atomic E-state index is 12.5. The highest BCUT2D eigenvalue weighted by molar-refractivity contribution is 9.10. The number of halogens is 2. The van der Waals surface area contributed by atoms with E-state index in [4.69, 9.17) is 11.6 Å². The molecule has 2 aromatic rings. The zero-order valence-corrected chi connectivity index (χ0v) is 14.2. The molecular formula is C15H10BrClN2OS. The molecule has 1 aliphatic rings. The lowest BCUT2D eigenvalue weighted by Gasteiger charge is -2.11. The largest absolute Gasteiger partial charge is 0.280 e. The topological polar surface area (TPSA) is 32.7 Å². The summed E-state index contributed by atoms with van der Waals surface area (Å²) in [7, 11) is 0. The van der Waals surface area contributed by atoms with Crippen LogP contribution >= 0.6 is 38.9 Å². The predicted octanol–water partition coefficient (Wildman–Crippen LogP) is 4.97. The number of hydrogen-bond donors (Lipinski definition) is 0. The van der Waals surface area contributed by atoms with Gasteiger partial charge < -0.3 is 0 Å². The van der Waals surface area contributed by atoms with Crippen LogP contribution in [0.1, 0.15) is 11.8 Å². The normalized spacial score (nSPS) is 16.7. The lowest BCUT2D eigenvalue weighted by Crippen LogP contribution is -2.21. The van der Waals surface area contributed by atoms with Crippen molar-refractivity contribution in [3.8, 4) is 0 Å². The predicted molar refractivity (Wildman–Crippen MR) is 92.0 cm³/mol. The zero-order valence-electron chi connectivity index (χ0n) is 11.0. The number of nitrogens with zero attached hydrogens (tertiary/aromatic N) is 2. The molecule has 0 atom stereocenters. The van der Waals surface area contributed by atoms with E-state index < -0.39 is 0 Å². The van der Waals surface area contributed by atoms with Gasteiger partial charge in [-0.05, 0) is 53.2 Å². The Hall–Kier alpha value is -1.43. The summed E-state index contributed by atoms with van der Waals surface area (Å²) in [5, 5.41) is 8.27. The summed E-state index contributed by atoms with van der Waals surface area (Å²) in [6.07, 6.45) is 1.86. The molecule has 1 aliphatic heterocycles. The van der Waals surface area contributed by atoms with E-state index in [2.05, 4.69) is 21.0 Å². The second-order valence-electron chi connectivity index (χ2n) is 4.51. The first-order valence-electron chi connectivity index (χ1n) is 6.16. The summed E-state index contributed by atoms with van der Waals surface area (Å²) in [5.74, 6) is -0.140. The lowest BCUT2D eigenvalue weighted by molar-refractivity contribution is -0.114. The Morgan fingerprint density at radius 2 is 2.19 bits per heavy atom. The minimum absolute atomic E-state index is 0.140. The first-order chi connectivity index (χ1) is 10.0. The molecular weight excluding hydrogens is 372 g/mol. The fourth-order valence-corrected chi connectivity index (χ4v) is 3.57. The second kappa shape index (κ2) is 5.75. The number of thiophene rings is 1. The van der Waals surface area contributed by atoms with Gasteiger partial charge in [-0.25, -0.2) is 0 Å². The van der Waals surface area contributed by atoms with Crippen molar-refractivity contribution in [1.29, 1.82) is 0 Å². The van der Waals surface area contributed by atoms with Crippen molar-refractivity contribution < 1.29 is 4.79 Å². The molecule has 2 heterocycles. The van der Waals surface area contributed by atoms with Gasteiger partial charge in [0, 0.05) is 19.8 Å². The first-order valence-corrected chi connectivity index (χ1v) is 8.21. The van der Waals surface area contributed by atoms with Crippen LogP contribution < -0.4 is 5.01 Å². The monoisotopic (exact) mass is 380 g/mol. The van der Waals surface area contributed by atoms with Crippen molar-refractivity contribution in [3.05, 3.63) is 55.7 Å². The van der Waals surface area contributed by atoms with E-state index in [9.17, 15) is 4.79 Å². The summed E-state index contributed by atoms with van der Waals surface area (Å²) in [4.78, 5) is 13.5. The van der Waals surface area contributed by atoms with Crippen molar-refractivity contribution in [3.63, 3.8) is 0 Å². The molecule has 0 spiro atoms. The van der Waals surface area contributed by atoms with E-state index in [1.165, 1.54) is 5.01 Å². The first kappa shape index (κ1) is 14.5. The van der Waals surface area contributed by atoms with Gasteiger partial charge >= 0.3 is 0 Å². The molecule has 0 saturated heterocycles. The minimum Gasteiger partial charge on any atom is -0.267 e. The van der Waals surface area contributed by atoms with E-state index in [1.54, 1.807) is 29.5 Å². The number of anilines is 1. The summed E-state index contributed by atoms with van der Waals surface area (Å²) in [6, 6.07) is 9.07. The Morgan fingerprint density at radius 1 is 1.38 bits per heavy atom. The van der Waals surface area contributed by atoms with Crippen LogP contribution in [-0.4, -0.2) is 11.6 Å². The SMILES string of the molecule is CC1=NN(c2cccc(Cl)c2)C(=O)/C1=C\c1cc(Br)cs1.